The van der Waals surface area contributed by atoms with Crippen molar-refractivity contribution in [2.24, 2.45) is 17.8 Å². The number of pyridine rings is 1. The van der Waals surface area contributed by atoms with Gasteiger partial charge in [-0.1, -0.05) is 42.0 Å². The molecule has 0 spiro atoms. The van der Waals surface area contributed by atoms with Crippen LogP contribution in [0.15, 0.2) is 54.9 Å². The Hall–Kier alpha value is -2.88. The molecule has 0 unspecified atom stereocenters. The standard InChI is InChI=1S/C28H31N3O/c1-18-2-4-22(5-3-18)24-7-6-23(26-17-29-9-8-25(24)26)16-30-27(32)31-28-13-19-10-20(14-28)12-21(11-19)15-28/h2-9,17,19-21H,10-16H2,1H3,(H2,30,31,32). The Kier molecular flexibility index (Phi) is 4.71. The van der Waals surface area contributed by atoms with Gasteiger partial charge in [0.25, 0.3) is 0 Å². The molecule has 32 heavy (non-hydrogen) atoms. The minimum absolute atomic E-state index is 0.0217. The molecule has 4 heteroatoms. The second-order valence-corrected chi connectivity index (χ2v) is 10.6. The van der Waals surface area contributed by atoms with Crippen LogP contribution in [0.3, 0.4) is 0 Å². The molecule has 1 aromatic heterocycles. The number of carbonyl (C=O) groups excluding carboxylic acids is 1. The first-order chi connectivity index (χ1) is 15.6. The van der Waals surface area contributed by atoms with Crippen LogP contribution in [0.4, 0.5) is 4.79 Å². The van der Waals surface area contributed by atoms with Gasteiger partial charge in [-0.05, 0) is 91.3 Å². The smallest absolute Gasteiger partial charge is 0.315 e. The summed E-state index contributed by atoms with van der Waals surface area (Å²) in [5.41, 5.74) is 4.79. The van der Waals surface area contributed by atoms with Gasteiger partial charge in [-0.3, -0.25) is 4.98 Å². The molecule has 4 fully saturated rings. The van der Waals surface area contributed by atoms with E-state index in [4.69, 9.17) is 0 Å². The van der Waals surface area contributed by atoms with Crippen molar-refractivity contribution in [3.63, 3.8) is 0 Å². The van der Waals surface area contributed by atoms with E-state index in [0.717, 1.165) is 28.7 Å². The Morgan fingerprint density at radius 2 is 1.62 bits per heavy atom. The summed E-state index contributed by atoms with van der Waals surface area (Å²) in [5.74, 6) is 2.47. The maximum atomic E-state index is 12.9. The number of aryl methyl sites for hydroxylation is 1. The first-order valence-corrected chi connectivity index (χ1v) is 12.1. The third kappa shape index (κ3) is 3.56. The highest BCUT2D eigenvalue weighted by atomic mass is 16.2. The van der Waals surface area contributed by atoms with Crippen LogP contribution in [0.25, 0.3) is 21.9 Å². The van der Waals surface area contributed by atoms with Gasteiger partial charge in [0.2, 0.25) is 0 Å². The Labute approximate surface area is 189 Å². The maximum absolute atomic E-state index is 12.9. The van der Waals surface area contributed by atoms with Crippen molar-refractivity contribution in [3.8, 4) is 11.1 Å². The Balaban J connectivity index is 1.20. The number of fused-ring (bicyclic) bond motifs is 1. The van der Waals surface area contributed by atoms with E-state index < -0.39 is 0 Å². The third-order valence-electron chi connectivity index (χ3n) is 8.13. The molecule has 3 aromatic rings. The average molecular weight is 426 g/mol. The monoisotopic (exact) mass is 425 g/mol. The highest BCUT2D eigenvalue weighted by Gasteiger charge is 2.51. The van der Waals surface area contributed by atoms with E-state index in [2.05, 4.69) is 65.0 Å². The molecule has 2 N–H and O–H groups in total. The second-order valence-electron chi connectivity index (χ2n) is 10.6. The zero-order valence-electron chi connectivity index (χ0n) is 18.7. The van der Waals surface area contributed by atoms with Crippen LogP contribution < -0.4 is 10.6 Å². The number of carbonyl (C=O) groups is 1. The van der Waals surface area contributed by atoms with Crippen molar-refractivity contribution in [2.75, 3.05) is 0 Å². The number of nitrogens with zero attached hydrogens (tertiary/aromatic N) is 1. The summed E-state index contributed by atoms with van der Waals surface area (Å²) in [7, 11) is 0. The fourth-order valence-electron chi connectivity index (χ4n) is 7.11. The number of benzene rings is 2. The predicted octanol–water partition coefficient (Wildman–Crippen LogP) is 5.98. The molecule has 0 atom stereocenters. The van der Waals surface area contributed by atoms with Crippen LogP contribution in [-0.4, -0.2) is 16.6 Å². The van der Waals surface area contributed by atoms with E-state index in [1.165, 1.54) is 60.6 Å². The summed E-state index contributed by atoms with van der Waals surface area (Å²) in [6.07, 6.45) is 11.4. The molecule has 4 nitrogen and oxygen atoms in total. The minimum atomic E-state index is -0.0217. The van der Waals surface area contributed by atoms with E-state index >= 15 is 0 Å². The first-order valence-electron chi connectivity index (χ1n) is 12.1. The summed E-state index contributed by atoms with van der Waals surface area (Å²) in [6, 6.07) is 15.0. The topological polar surface area (TPSA) is 54.0 Å². The lowest BCUT2D eigenvalue weighted by Crippen LogP contribution is -2.61. The van der Waals surface area contributed by atoms with Crippen molar-refractivity contribution in [1.29, 1.82) is 0 Å². The molecule has 7 rings (SSSR count). The van der Waals surface area contributed by atoms with Gasteiger partial charge in [0.05, 0.1) is 0 Å². The van der Waals surface area contributed by atoms with Crippen LogP contribution in [0, 0.1) is 24.7 Å². The summed E-state index contributed by atoms with van der Waals surface area (Å²) in [4.78, 5) is 17.3. The Bertz CT molecular complexity index is 1130. The molecule has 0 saturated heterocycles. The minimum Gasteiger partial charge on any atom is -0.334 e. The molecule has 4 aliphatic carbocycles. The van der Waals surface area contributed by atoms with E-state index in [9.17, 15) is 4.79 Å². The number of amides is 2. The van der Waals surface area contributed by atoms with Crippen molar-refractivity contribution < 1.29 is 4.79 Å². The summed E-state index contributed by atoms with van der Waals surface area (Å²) < 4.78 is 0. The fraction of sp³-hybridized carbons (Fsp3) is 0.429. The van der Waals surface area contributed by atoms with Crippen molar-refractivity contribution in [3.05, 3.63) is 66.0 Å². The van der Waals surface area contributed by atoms with E-state index in [1.54, 1.807) is 0 Å². The zero-order valence-corrected chi connectivity index (χ0v) is 18.7. The second kappa shape index (κ2) is 7.61. The average Bonchev–Trinajstić information content (AvgIpc) is 2.77. The zero-order chi connectivity index (χ0) is 21.7. The maximum Gasteiger partial charge on any atom is 0.315 e. The van der Waals surface area contributed by atoms with Crippen molar-refractivity contribution >= 4 is 16.8 Å². The van der Waals surface area contributed by atoms with Gasteiger partial charge < -0.3 is 10.6 Å². The molecule has 4 saturated carbocycles. The van der Waals surface area contributed by atoms with Crippen LogP contribution in [0.1, 0.15) is 49.7 Å². The molecular weight excluding hydrogens is 394 g/mol. The highest BCUT2D eigenvalue weighted by molar-refractivity contribution is 5.98. The predicted molar refractivity (Wildman–Crippen MR) is 128 cm³/mol. The third-order valence-corrected chi connectivity index (χ3v) is 8.13. The quantitative estimate of drug-likeness (QED) is 0.540. The Morgan fingerprint density at radius 3 is 2.31 bits per heavy atom. The molecule has 2 aromatic carbocycles. The summed E-state index contributed by atoms with van der Waals surface area (Å²) in [6.45, 7) is 2.61. The van der Waals surface area contributed by atoms with Gasteiger partial charge in [0.15, 0.2) is 0 Å². The molecule has 4 aliphatic rings. The van der Waals surface area contributed by atoms with Crippen LogP contribution in [-0.2, 0) is 6.54 Å². The fourth-order valence-corrected chi connectivity index (χ4v) is 7.11. The first kappa shape index (κ1) is 19.8. The summed E-state index contributed by atoms with van der Waals surface area (Å²) in [5, 5.41) is 8.84. The van der Waals surface area contributed by atoms with E-state index in [-0.39, 0.29) is 11.6 Å². The van der Waals surface area contributed by atoms with Crippen LogP contribution in [0.2, 0.25) is 0 Å². The number of rotatable bonds is 4. The molecule has 0 aliphatic heterocycles. The van der Waals surface area contributed by atoms with Gasteiger partial charge in [-0.15, -0.1) is 0 Å². The number of urea groups is 1. The van der Waals surface area contributed by atoms with Crippen LogP contribution >= 0.6 is 0 Å². The number of nitrogens with one attached hydrogen (secondary N) is 2. The lowest BCUT2D eigenvalue weighted by atomic mass is 9.53. The SMILES string of the molecule is Cc1ccc(-c2ccc(CNC(=O)NC34CC5CC(CC(C5)C3)C4)c3cnccc23)cc1. The Morgan fingerprint density at radius 1 is 0.938 bits per heavy atom. The molecule has 0 radical (unpaired) electrons. The molecule has 4 bridgehead atoms. The van der Waals surface area contributed by atoms with E-state index in [0.29, 0.717) is 6.54 Å². The van der Waals surface area contributed by atoms with Crippen LogP contribution in [0.5, 0.6) is 0 Å². The number of hydrogen-bond donors (Lipinski definition) is 2. The lowest BCUT2D eigenvalue weighted by Gasteiger charge is -2.56. The number of hydrogen-bond acceptors (Lipinski definition) is 2. The molecular formula is C28H31N3O. The van der Waals surface area contributed by atoms with Gasteiger partial charge in [-0.25, -0.2) is 4.79 Å². The summed E-state index contributed by atoms with van der Waals surface area (Å²) >= 11 is 0. The molecule has 164 valence electrons. The van der Waals surface area contributed by atoms with Gasteiger partial charge >= 0.3 is 6.03 Å². The largest absolute Gasteiger partial charge is 0.334 e. The normalized spacial score (nSPS) is 28.1. The molecule has 2 amide bonds. The lowest BCUT2D eigenvalue weighted by molar-refractivity contribution is -0.0135. The molecule has 1 heterocycles. The highest BCUT2D eigenvalue weighted by Crippen LogP contribution is 2.55. The van der Waals surface area contributed by atoms with Crippen molar-refractivity contribution in [2.45, 2.75) is 57.5 Å². The van der Waals surface area contributed by atoms with Gasteiger partial charge in [0, 0.05) is 29.9 Å². The van der Waals surface area contributed by atoms with Crippen molar-refractivity contribution in [1.82, 2.24) is 15.6 Å². The number of aromatic nitrogens is 1. The van der Waals surface area contributed by atoms with E-state index in [1.807, 2.05) is 12.4 Å². The van der Waals surface area contributed by atoms with Gasteiger partial charge in [0.1, 0.15) is 0 Å². The van der Waals surface area contributed by atoms with Gasteiger partial charge in [-0.2, -0.15) is 0 Å².